The van der Waals surface area contributed by atoms with Gasteiger partial charge in [0.15, 0.2) is 0 Å². The number of piperidine rings is 1. The number of nitrogens with zero attached hydrogens (tertiary/aromatic N) is 2. The van der Waals surface area contributed by atoms with Gasteiger partial charge in [0.25, 0.3) is 0 Å². The quantitative estimate of drug-likeness (QED) is 0.773. The van der Waals surface area contributed by atoms with Crippen molar-refractivity contribution in [3.8, 4) is 0 Å². The third-order valence-corrected chi connectivity index (χ3v) is 5.01. The van der Waals surface area contributed by atoms with Crippen LogP contribution in [0.1, 0.15) is 39.5 Å². The number of carbonyl (C=O) groups is 1. The van der Waals surface area contributed by atoms with Gasteiger partial charge in [0.05, 0.1) is 5.54 Å². The minimum Gasteiger partial charge on any atom is -0.384 e. The number of rotatable bonds is 5. The molecule has 2 saturated heterocycles. The largest absolute Gasteiger partial charge is 0.384 e. The van der Waals surface area contributed by atoms with E-state index in [0.29, 0.717) is 24.2 Å². The maximum atomic E-state index is 12.2. The lowest BCUT2D eigenvalue weighted by Crippen LogP contribution is -2.72. The Balaban J connectivity index is 1.84. The zero-order valence-electron chi connectivity index (χ0n) is 13.5. The Morgan fingerprint density at radius 3 is 2.70 bits per heavy atom. The highest BCUT2D eigenvalue weighted by atomic mass is 16.5. The van der Waals surface area contributed by atoms with Crippen LogP contribution in [0.5, 0.6) is 0 Å². The molecule has 0 aromatic rings. The molecule has 0 radical (unpaired) electrons. The van der Waals surface area contributed by atoms with E-state index in [0.717, 1.165) is 32.7 Å². The minimum atomic E-state index is 0.231. The highest BCUT2D eigenvalue weighted by molar-refractivity contribution is 5.77. The van der Waals surface area contributed by atoms with Crippen molar-refractivity contribution in [3.63, 3.8) is 0 Å². The zero-order valence-corrected chi connectivity index (χ0v) is 13.5. The number of likely N-dealkylation sites (tertiary alicyclic amines) is 2. The SMILES string of the molecule is COC[C@@H]1CCN(C)C2(C1)CN(C(=O)CCC(C)C)C2. The number of ether oxygens (including phenoxy) is 1. The number of hydrogen-bond acceptors (Lipinski definition) is 3. The molecule has 2 fully saturated rings. The van der Waals surface area contributed by atoms with E-state index in [1.807, 2.05) is 4.90 Å². The second kappa shape index (κ2) is 6.44. The molecule has 2 rings (SSSR count). The summed E-state index contributed by atoms with van der Waals surface area (Å²) in [7, 11) is 3.99. The average Bonchev–Trinajstić information content (AvgIpc) is 2.36. The number of likely N-dealkylation sites (N-methyl/N-ethyl adjacent to an activating group) is 1. The maximum Gasteiger partial charge on any atom is 0.222 e. The molecule has 0 N–H and O–H groups in total. The second-order valence-corrected chi connectivity index (χ2v) is 7.14. The Morgan fingerprint density at radius 1 is 1.40 bits per heavy atom. The van der Waals surface area contributed by atoms with Crippen molar-refractivity contribution >= 4 is 5.91 Å². The fourth-order valence-corrected chi connectivity index (χ4v) is 3.57. The molecule has 1 amide bonds. The zero-order chi connectivity index (χ0) is 14.8. The summed E-state index contributed by atoms with van der Waals surface area (Å²) in [5.41, 5.74) is 0.231. The molecule has 1 atom stereocenters. The van der Waals surface area contributed by atoms with Gasteiger partial charge in [-0.3, -0.25) is 9.69 Å². The molecule has 0 aromatic carbocycles. The molecule has 0 saturated carbocycles. The average molecular weight is 282 g/mol. The van der Waals surface area contributed by atoms with Crippen molar-refractivity contribution in [3.05, 3.63) is 0 Å². The molecule has 20 heavy (non-hydrogen) atoms. The Morgan fingerprint density at radius 2 is 2.10 bits per heavy atom. The summed E-state index contributed by atoms with van der Waals surface area (Å²) >= 11 is 0. The van der Waals surface area contributed by atoms with Crippen molar-refractivity contribution in [2.75, 3.05) is 40.4 Å². The van der Waals surface area contributed by atoms with Gasteiger partial charge in [0.1, 0.15) is 0 Å². The molecule has 2 heterocycles. The highest BCUT2D eigenvalue weighted by Crippen LogP contribution is 2.38. The second-order valence-electron chi connectivity index (χ2n) is 7.14. The number of methoxy groups -OCH3 is 1. The smallest absolute Gasteiger partial charge is 0.222 e. The van der Waals surface area contributed by atoms with E-state index < -0.39 is 0 Å². The van der Waals surface area contributed by atoms with Crippen molar-refractivity contribution < 1.29 is 9.53 Å². The van der Waals surface area contributed by atoms with Gasteiger partial charge in [0.2, 0.25) is 5.91 Å². The van der Waals surface area contributed by atoms with Crippen LogP contribution in [-0.2, 0) is 9.53 Å². The lowest BCUT2D eigenvalue weighted by molar-refractivity contribution is -0.151. The summed E-state index contributed by atoms with van der Waals surface area (Å²) in [4.78, 5) is 16.7. The topological polar surface area (TPSA) is 32.8 Å². The Hall–Kier alpha value is -0.610. The first-order valence-corrected chi connectivity index (χ1v) is 7.95. The van der Waals surface area contributed by atoms with Crippen LogP contribution in [-0.4, -0.2) is 61.6 Å². The summed E-state index contributed by atoms with van der Waals surface area (Å²) in [5, 5.41) is 0. The highest BCUT2D eigenvalue weighted by Gasteiger charge is 2.50. The number of carbonyl (C=O) groups excluding carboxylic acids is 1. The van der Waals surface area contributed by atoms with Crippen LogP contribution in [0, 0.1) is 11.8 Å². The molecule has 0 aromatic heterocycles. The molecule has 0 bridgehead atoms. The summed E-state index contributed by atoms with van der Waals surface area (Å²) in [6.07, 6.45) is 4.10. The van der Waals surface area contributed by atoms with Gasteiger partial charge in [-0.05, 0) is 44.7 Å². The van der Waals surface area contributed by atoms with Gasteiger partial charge < -0.3 is 9.64 Å². The van der Waals surface area contributed by atoms with E-state index in [9.17, 15) is 4.79 Å². The third-order valence-electron chi connectivity index (χ3n) is 5.01. The molecule has 2 aliphatic rings. The van der Waals surface area contributed by atoms with Crippen molar-refractivity contribution in [2.24, 2.45) is 11.8 Å². The monoisotopic (exact) mass is 282 g/mol. The van der Waals surface area contributed by atoms with Gasteiger partial charge in [-0.2, -0.15) is 0 Å². The molecule has 0 unspecified atom stereocenters. The van der Waals surface area contributed by atoms with Crippen LogP contribution in [0.4, 0.5) is 0 Å². The predicted molar refractivity (Wildman–Crippen MR) is 80.6 cm³/mol. The summed E-state index contributed by atoms with van der Waals surface area (Å²) in [5.74, 6) is 1.60. The lowest BCUT2D eigenvalue weighted by Gasteiger charge is -2.58. The normalized spacial score (nSPS) is 26.1. The Kier molecular flexibility index (Phi) is 5.08. The van der Waals surface area contributed by atoms with E-state index in [-0.39, 0.29) is 5.54 Å². The van der Waals surface area contributed by atoms with E-state index in [2.05, 4.69) is 25.8 Å². The first-order chi connectivity index (χ1) is 9.47. The van der Waals surface area contributed by atoms with Gasteiger partial charge >= 0.3 is 0 Å². The minimum absolute atomic E-state index is 0.231. The molecule has 4 heteroatoms. The van der Waals surface area contributed by atoms with Crippen LogP contribution < -0.4 is 0 Å². The molecular formula is C16H30N2O2. The first kappa shape index (κ1) is 15.8. The van der Waals surface area contributed by atoms with Crippen LogP contribution in [0.3, 0.4) is 0 Å². The Labute approximate surface area is 123 Å². The maximum absolute atomic E-state index is 12.2. The molecule has 4 nitrogen and oxygen atoms in total. The van der Waals surface area contributed by atoms with Gasteiger partial charge in [-0.15, -0.1) is 0 Å². The summed E-state index contributed by atoms with van der Waals surface area (Å²) in [6, 6.07) is 0. The standard InChI is InChI=1S/C16H30N2O2/c1-13(2)5-6-15(19)18-11-16(12-18)9-14(10-20-4)7-8-17(16)3/h13-14H,5-12H2,1-4H3/t14-/m1/s1. The van der Waals surface area contributed by atoms with Gasteiger partial charge in [-0.1, -0.05) is 13.8 Å². The summed E-state index contributed by atoms with van der Waals surface area (Å²) < 4.78 is 5.32. The van der Waals surface area contributed by atoms with E-state index in [4.69, 9.17) is 4.74 Å². The molecule has 0 aliphatic carbocycles. The molecule has 116 valence electrons. The van der Waals surface area contributed by atoms with Gasteiger partial charge in [-0.25, -0.2) is 0 Å². The van der Waals surface area contributed by atoms with Crippen LogP contribution >= 0.6 is 0 Å². The van der Waals surface area contributed by atoms with Crippen molar-refractivity contribution in [1.82, 2.24) is 9.80 Å². The molecular weight excluding hydrogens is 252 g/mol. The van der Waals surface area contributed by atoms with Crippen LogP contribution in [0.2, 0.25) is 0 Å². The van der Waals surface area contributed by atoms with E-state index in [1.54, 1.807) is 7.11 Å². The van der Waals surface area contributed by atoms with Crippen molar-refractivity contribution in [1.29, 1.82) is 0 Å². The van der Waals surface area contributed by atoms with E-state index >= 15 is 0 Å². The van der Waals surface area contributed by atoms with Gasteiger partial charge in [0, 0.05) is 33.2 Å². The summed E-state index contributed by atoms with van der Waals surface area (Å²) in [6.45, 7) is 8.17. The third kappa shape index (κ3) is 3.34. The first-order valence-electron chi connectivity index (χ1n) is 7.95. The van der Waals surface area contributed by atoms with Crippen LogP contribution in [0.15, 0.2) is 0 Å². The predicted octanol–water partition coefficient (Wildman–Crippen LogP) is 1.99. The number of amides is 1. The fourth-order valence-electron chi connectivity index (χ4n) is 3.57. The molecule has 2 aliphatic heterocycles. The molecule has 1 spiro atoms. The van der Waals surface area contributed by atoms with Crippen molar-refractivity contribution in [2.45, 2.75) is 45.1 Å². The lowest BCUT2D eigenvalue weighted by atomic mass is 9.75. The number of hydrogen-bond donors (Lipinski definition) is 0. The fraction of sp³-hybridized carbons (Fsp3) is 0.938. The van der Waals surface area contributed by atoms with Crippen LogP contribution in [0.25, 0.3) is 0 Å². The van der Waals surface area contributed by atoms with E-state index in [1.165, 1.54) is 12.8 Å². The Bertz CT molecular complexity index is 337.